The van der Waals surface area contributed by atoms with Crippen LogP contribution in [0.2, 0.25) is 0 Å². The molecule has 1 unspecified atom stereocenters. The second kappa shape index (κ2) is 6.89. The molecule has 124 valence electrons. The van der Waals surface area contributed by atoms with E-state index in [-0.39, 0.29) is 31.1 Å². The molecule has 2 aliphatic rings. The minimum atomic E-state index is -0.254. The van der Waals surface area contributed by atoms with Gasteiger partial charge >= 0.3 is 0 Å². The van der Waals surface area contributed by atoms with Gasteiger partial charge in [-0.2, -0.15) is 0 Å². The lowest BCUT2D eigenvalue weighted by Gasteiger charge is -2.18. The predicted octanol–water partition coefficient (Wildman–Crippen LogP) is 2.30. The monoisotopic (exact) mass is 318 g/mol. The molecule has 1 aliphatic carbocycles. The molecule has 2 N–H and O–H groups in total. The third-order valence-corrected chi connectivity index (χ3v) is 4.60. The van der Waals surface area contributed by atoms with Gasteiger partial charge < -0.3 is 20.1 Å². The molecule has 1 aromatic rings. The first-order chi connectivity index (χ1) is 11.1. The highest BCUT2D eigenvalue weighted by molar-refractivity contribution is 5.95. The van der Waals surface area contributed by atoms with Crippen LogP contribution < -0.4 is 20.1 Å². The van der Waals surface area contributed by atoms with E-state index in [1.54, 1.807) is 18.2 Å². The van der Waals surface area contributed by atoms with Crippen LogP contribution >= 0.6 is 0 Å². The summed E-state index contributed by atoms with van der Waals surface area (Å²) in [5.41, 5.74) is 0.623. The van der Waals surface area contributed by atoms with E-state index in [0.29, 0.717) is 23.1 Å². The summed E-state index contributed by atoms with van der Waals surface area (Å²) < 4.78 is 10.5. The number of fused-ring (bicyclic) bond motifs is 1. The molecule has 6 heteroatoms. The highest BCUT2D eigenvalue weighted by Crippen LogP contribution is 2.34. The number of carbonyl (C=O) groups excluding carboxylic acids is 2. The second-order valence-corrected chi connectivity index (χ2v) is 6.17. The quantitative estimate of drug-likeness (QED) is 0.873. The molecule has 1 aromatic carbocycles. The van der Waals surface area contributed by atoms with Gasteiger partial charge in [-0.3, -0.25) is 9.59 Å². The Kier molecular flexibility index (Phi) is 4.69. The summed E-state index contributed by atoms with van der Waals surface area (Å²) in [4.78, 5) is 24.1. The number of amides is 2. The number of carbonyl (C=O) groups is 2. The third-order valence-electron chi connectivity index (χ3n) is 4.60. The lowest BCUT2D eigenvalue weighted by atomic mass is 9.92. The zero-order chi connectivity index (χ0) is 16.2. The Morgan fingerprint density at radius 1 is 1.22 bits per heavy atom. The van der Waals surface area contributed by atoms with E-state index in [4.69, 9.17) is 9.47 Å². The van der Waals surface area contributed by atoms with Gasteiger partial charge in [-0.25, -0.2) is 0 Å². The average molecular weight is 318 g/mol. The fraction of sp³-hybridized carbons (Fsp3) is 0.529. The maximum Gasteiger partial charge on any atom is 0.243 e. The maximum atomic E-state index is 12.1. The number of anilines is 1. The van der Waals surface area contributed by atoms with Gasteiger partial charge in [0.15, 0.2) is 11.5 Å². The van der Waals surface area contributed by atoms with E-state index < -0.39 is 0 Å². The number of hydrogen-bond acceptors (Lipinski definition) is 4. The largest absolute Gasteiger partial charge is 0.454 e. The Bertz CT molecular complexity index is 596. The fourth-order valence-corrected chi connectivity index (χ4v) is 3.18. The molecule has 3 rings (SSSR count). The van der Waals surface area contributed by atoms with Crippen molar-refractivity contribution in [2.75, 3.05) is 18.7 Å². The Morgan fingerprint density at radius 3 is 2.74 bits per heavy atom. The molecule has 1 saturated carbocycles. The number of benzene rings is 1. The smallest absolute Gasteiger partial charge is 0.243 e. The number of nitrogens with one attached hydrogen (secondary N) is 2. The maximum absolute atomic E-state index is 12.1. The summed E-state index contributed by atoms with van der Waals surface area (Å²) in [5, 5.41) is 5.47. The van der Waals surface area contributed by atoms with Crippen molar-refractivity contribution in [3.05, 3.63) is 18.2 Å². The van der Waals surface area contributed by atoms with Crippen LogP contribution in [-0.2, 0) is 9.59 Å². The number of ether oxygens (including phenoxy) is 2. The molecular formula is C17H22N2O4. The average Bonchev–Trinajstić information content (AvgIpc) is 3.22. The number of rotatable bonds is 5. The van der Waals surface area contributed by atoms with Crippen molar-refractivity contribution in [3.8, 4) is 11.5 Å². The summed E-state index contributed by atoms with van der Waals surface area (Å²) in [6.07, 6.45) is 4.62. The lowest BCUT2D eigenvalue weighted by Crippen LogP contribution is -2.37. The molecule has 0 bridgehead atoms. The van der Waals surface area contributed by atoms with E-state index >= 15 is 0 Å². The van der Waals surface area contributed by atoms with Crippen LogP contribution in [0.5, 0.6) is 11.5 Å². The Labute approximate surface area is 135 Å². The van der Waals surface area contributed by atoms with Crippen molar-refractivity contribution < 1.29 is 19.1 Å². The van der Waals surface area contributed by atoms with Gasteiger partial charge in [0.1, 0.15) is 0 Å². The zero-order valence-corrected chi connectivity index (χ0v) is 13.3. The summed E-state index contributed by atoms with van der Waals surface area (Å²) in [5.74, 6) is 1.40. The standard InChI is InChI=1S/C17H22N2O4/c1-11(12-4-2-3-5-12)17(21)18-9-16(20)19-13-6-7-14-15(8-13)23-10-22-14/h6-8,11-12H,2-5,9-10H2,1H3,(H,18,21)(H,19,20). The predicted molar refractivity (Wildman–Crippen MR) is 85.3 cm³/mol. The van der Waals surface area contributed by atoms with Crippen LogP contribution in [0.3, 0.4) is 0 Å². The van der Waals surface area contributed by atoms with Crippen molar-refractivity contribution in [1.29, 1.82) is 0 Å². The van der Waals surface area contributed by atoms with Gasteiger partial charge in [0.2, 0.25) is 18.6 Å². The van der Waals surface area contributed by atoms with Gasteiger partial charge in [0.25, 0.3) is 0 Å². The van der Waals surface area contributed by atoms with Crippen molar-refractivity contribution in [1.82, 2.24) is 5.32 Å². The summed E-state index contributed by atoms with van der Waals surface area (Å²) in [6, 6.07) is 5.20. The molecule has 23 heavy (non-hydrogen) atoms. The minimum absolute atomic E-state index is 0.0235. The Hall–Kier alpha value is -2.24. The van der Waals surface area contributed by atoms with Crippen LogP contribution in [0.4, 0.5) is 5.69 Å². The third kappa shape index (κ3) is 3.75. The molecule has 0 aromatic heterocycles. The van der Waals surface area contributed by atoms with E-state index in [0.717, 1.165) is 12.8 Å². The van der Waals surface area contributed by atoms with E-state index in [9.17, 15) is 9.59 Å². The summed E-state index contributed by atoms with van der Waals surface area (Å²) in [6.45, 7) is 2.12. The van der Waals surface area contributed by atoms with Crippen LogP contribution in [0.1, 0.15) is 32.6 Å². The van der Waals surface area contributed by atoms with Gasteiger partial charge in [0.05, 0.1) is 6.54 Å². The van der Waals surface area contributed by atoms with Crippen LogP contribution in [0.25, 0.3) is 0 Å². The van der Waals surface area contributed by atoms with Gasteiger partial charge in [0, 0.05) is 17.7 Å². The van der Waals surface area contributed by atoms with Crippen molar-refractivity contribution >= 4 is 17.5 Å². The topological polar surface area (TPSA) is 76.7 Å². The van der Waals surface area contributed by atoms with Gasteiger partial charge in [-0.05, 0) is 30.9 Å². The minimum Gasteiger partial charge on any atom is -0.454 e. The molecule has 0 spiro atoms. The Morgan fingerprint density at radius 2 is 1.96 bits per heavy atom. The van der Waals surface area contributed by atoms with E-state index in [1.165, 1.54) is 12.8 Å². The van der Waals surface area contributed by atoms with Crippen LogP contribution in [-0.4, -0.2) is 25.2 Å². The Balaban J connectivity index is 1.46. The SMILES string of the molecule is CC(C(=O)NCC(=O)Nc1ccc2c(c1)OCO2)C1CCCC1. The fourth-order valence-electron chi connectivity index (χ4n) is 3.18. The molecule has 1 heterocycles. The molecule has 6 nitrogen and oxygen atoms in total. The van der Waals surface area contributed by atoms with E-state index in [2.05, 4.69) is 10.6 Å². The molecule has 0 radical (unpaired) electrons. The summed E-state index contributed by atoms with van der Waals surface area (Å²) >= 11 is 0. The first kappa shape index (κ1) is 15.6. The second-order valence-electron chi connectivity index (χ2n) is 6.17. The molecule has 1 atom stereocenters. The molecule has 2 amide bonds. The van der Waals surface area contributed by atoms with Crippen molar-refractivity contribution in [2.45, 2.75) is 32.6 Å². The first-order valence-electron chi connectivity index (χ1n) is 8.10. The van der Waals surface area contributed by atoms with Crippen LogP contribution in [0.15, 0.2) is 18.2 Å². The zero-order valence-electron chi connectivity index (χ0n) is 13.3. The molecule has 1 fully saturated rings. The van der Waals surface area contributed by atoms with Gasteiger partial charge in [-0.15, -0.1) is 0 Å². The van der Waals surface area contributed by atoms with Crippen molar-refractivity contribution in [3.63, 3.8) is 0 Å². The first-order valence-corrected chi connectivity index (χ1v) is 8.10. The van der Waals surface area contributed by atoms with E-state index in [1.807, 2.05) is 6.92 Å². The molecule has 0 saturated heterocycles. The lowest BCUT2D eigenvalue weighted by molar-refractivity contribution is -0.128. The van der Waals surface area contributed by atoms with Crippen molar-refractivity contribution in [2.24, 2.45) is 11.8 Å². The highest BCUT2D eigenvalue weighted by atomic mass is 16.7. The normalized spacial score (nSPS) is 17.8. The van der Waals surface area contributed by atoms with Gasteiger partial charge in [-0.1, -0.05) is 19.8 Å². The highest BCUT2D eigenvalue weighted by Gasteiger charge is 2.26. The number of hydrogen-bond donors (Lipinski definition) is 2. The van der Waals surface area contributed by atoms with Crippen LogP contribution in [0, 0.1) is 11.8 Å². The molecular weight excluding hydrogens is 296 g/mol. The molecule has 1 aliphatic heterocycles. The summed E-state index contributed by atoms with van der Waals surface area (Å²) in [7, 11) is 0.